The average Bonchev–Trinajstić information content (AvgIpc) is 1.65. The lowest BCUT2D eigenvalue weighted by molar-refractivity contribution is 0.0342. The smallest absolute Gasteiger partial charge is 0.276 e. The third kappa shape index (κ3) is 26.0. The number of aromatic nitrogens is 12. The molecule has 16 aromatic rings. The normalized spacial score (nSPS) is 15.8. The molecular formula is C114H129N25O5. The van der Waals surface area contributed by atoms with Crippen LogP contribution in [0.25, 0.3) is 88.1 Å². The monoisotopic (exact) mass is 1930 g/mol. The van der Waals surface area contributed by atoms with Crippen molar-refractivity contribution in [2.24, 2.45) is 0 Å². The van der Waals surface area contributed by atoms with Gasteiger partial charge >= 0.3 is 0 Å². The van der Waals surface area contributed by atoms with Crippen LogP contribution in [0, 0.1) is 0 Å². The van der Waals surface area contributed by atoms with Crippen LogP contribution in [0.1, 0.15) is 144 Å². The summed E-state index contributed by atoms with van der Waals surface area (Å²) in [6.45, 7) is 24.2. The van der Waals surface area contributed by atoms with Gasteiger partial charge in [0.2, 0.25) is 0 Å². The zero-order valence-electron chi connectivity index (χ0n) is 83.1. The summed E-state index contributed by atoms with van der Waals surface area (Å²) >= 11 is 0. The standard InChI is InChI=1S/C30H34N6O.C29H32N6O.C28H33N7O.C27H30N6O2/c37-30(32-26-8-6-7-22(16-26)20-35-11-2-1-3-12-35)29-27-17-24(9-10-28(27)33-34-29)25-15-23(18-31-19-25)21-36-13-4-5-14-36;36-29(31-25-7-5-6-21(15-25)19-34-10-1-2-11-34)28-26-16-23(8-9-27(26)32-33-28)24-14-22(17-30-18-24)20-35-12-3-4-13-35;1-33(2)18-21-14-23(17-29-16-21)22-6-9-26-25(15-22)27(32-31-26)28(36)30-24-7-4-20(5-8-24)19-35-12-10-34(3)11-13-35;1-32(2)17-20-13-22(16-28-15-20)21-5-8-25-24(14-21)26(31-30-25)27(34)29-23-6-3-19(4-7-23)18-33-9-11-35-12-10-33/h6-10,15-19H,1-5,11-14,20-21H2,(H,32,37)(H,33,34);5-9,14-18H,1-4,10-13,19-20H2,(H,31,36)(H,32,33);4-9,14-17H,10-13,18-19H2,1-3H3,(H,30,36)(H,31,32);3-8,13-16H,9-12,17-18H2,1-2H3,(H,29,34)(H,30,31). The molecular weight excluding hydrogens is 1800 g/mol. The summed E-state index contributed by atoms with van der Waals surface area (Å²) in [6, 6.07) is 65.2. The van der Waals surface area contributed by atoms with Crippen molar-refractivity contribution in [3.8, 4) is 44.5 Å². The molecule has 30 nitrogen and oxygen atoms in total. The molecule has 0 aliphatic carbocycles. The number of carbonyl (C=O) groups excluding carboxylic acids is 4. The maximum absolute atomic E-state index is 13.3. The van der Waals surface area contributed by atoms with Crippen LogP contribution in [0.4, 0.5) is 22.7 Å². The molecule has 22 rings (SSSR count). The van der Waals surface area contributed by atoms with Gasteiger partial charge in [-0.2, -0.15) is 20.4 Å². The molecule has 6 fully saturated rings. The van der Waals surface area contributed by atoms with E-state index < -0.39 is 0 Å². The van der Waals surface area contributed by atoms with Crippen LogP contribution in [0.3, 0.4) is 0 Å². The molecule has 0 atom stereocenters. The van der Waals surface area contributed by atoms with E-state index in [1.807, 2.05) is 187 Å². The largest absolute Gasteiger partial charge is 0.379 e. The predicted octanol–water partition coefficient (Wildman–Crippen LogP) is 18.0. The number of pyridine rings is 4. The van der Waals surface area contributed by atoms with Gasteiger partial charge in [0.1, 0.15) is 0 Å². The van der Waals surface area contributed by atoms with Gasteiger partial charge in [-0.25, -0.2) is 0 Å². The number of nitrogens with zero attached hydrogens (tertiary/aromatic N) is 17. The molecule has 14 heterocycles. The van der Waals surface area contributed by atoms with Crippen molar-refractivity contribution in [1.82, 2.24) is 105 Å². The highest BCUT2D eigenvalue weighted by atomic mass is 16.5. The number of carbonyl (C=O) groups is 4. The summed E-state index contributed by atoms with van der Waals surface area (Å²) in [4.78, 5) is 91.8. The van der Waals surface area contributed by atoms with E-state index in [0.717, 1.165) is 279 Å². The molecule has 144 heavy (non-hydrogen) atoms. The summed E-state index contributed by atoms with van der Waals surface area (Å²) in [6.07, 6.45) is 26.6. The molecule has 4 amide bonds. The van der Waals surface area contributed by atoms with Crippen LogP contribution in [0.15, 0.2) is 244 Å². The fourth-order valence-electron chi connectivity index (χ4n) is 20.0. The van der Waals surface area contributed by atoms with E-state index in [2.05, 4.69) is 218 Å². The number of likely N-dealkylation sites (N-methyl/N-ethyl adjacent to an activating group) is 1. The van der Waals surface area contributed by atoms with Gasteiger partial charge in [0.25, 0.3) is 23.6 Å². The number of rotatable bonds is 28. The number of aromatic amines is 4. The third-order valence-electron chi connectivity index (χ3n) is 27.6. The number of benzene rings is 8. The lowest BCUT2D eigenvalue weighted by Gasteiger charge is -2.32. The van der Waals surface area contributed by atoms with Gasteiger partial charge in [-0.1, -0.05) is 79.2 Å². The minimum atomic E-state index is -0.242. The molecule has 8 aromatic heterocycles. The number of ether oxygens (including phenoxy) is 1. The van der Waals surface area contributed by atoms with Crippen molar-refractivity contribution in [2.75, 3.05) is 161 Å². The second kappa shape index (κ2) is 47.3. The third-order valence-corrected chi connectivity index (χ3v) is 27.6. The predicted molar refractivity (Wildman–Crippen MR) is 571 cm³/mol. The zero-order valence-corrected chi connectivity index (χ0v) is 83.1. The number of likely N-dealkylation sites (tertiary alicyclic amines) is 4. The van der Waals surface area contributed by atoms with Crippen molar-refractivity contribution < 1.29 is 23.9 Å². The van der Waals surface area contributed by atoms with Gasteiger partial charge in [0.05, 0.1) is 35.3 Å². The zero-order chi connectivity index (χ0) is 98.6. The van der Waals surface area contributed by atoms with Crippen LogP contribution in [-0.4, -0.2) is 269 Å². The Morgan fingerprint density at radius 2 is 0.562 bits per heavy atom. The summed E-state index contributed by atoms with van der Waals surface area (Å²) in [5, 5.41) is 44.6. The van der Waals surface area contributed by atoms with Gasteiger partial charge in [0.15, 0.2) is 22.8 Å². The highest BCUT2D eigenvalue weighted by Crippen LogP contribution is 2.34. The Kier molecular flexibility index (Phi) is 32.3. The molecule has 8 N–H and O–H groups in total. The first-order chi connectivity index (χ1) is 70.4. The van der Waals surface area contributed by atoms with Crippen LogP contribution in [0.2, 0.25) is 0 Å². The number of piperidine rings is 1. The van der Waals surface area contributed by atoms with E-state index in [4.69, 9.17) is 4.74 Å². The van der Waals surface area contributed by atoms with Crippen molar-refractivity contribution >= 4 is 90.0 Å². The van der Waals surface area contributed by atoms with E-state index in [-0.39, 0.29) is 23.6 Å². The van der Waals surface area contributed by atoms with E-state index in [1.54, 1.807) is 0 Å². The van der Waals surface area contributed by atoms with Gasteiger partial charge in [-0.3, -0.25) is 88.9 Å². The van der Waals surface area contributed by atoms with Crippen molar-refractivity contribution in [1.29, 1.82) is 0 Å². The van der Waals surface area contributed by atoms with Gasteiger partial charge < -0.3 is 40.7 Å². The molecule has 0 unspecified atom stereocenters. The van der Waals surface area contributed by atoms with E-state index in [1.165, 1.54) is 91.2 Å². The van der Waals surface area contributed by atoms with Crippen molar-refractivity contribution in [2.45, 2.75) is 110 Å². The van der Waals surface area contributed by atoms with Crippen LogP contribution < -0.4 is 21.3 Å². The second-order valence-electron chi connectivity index (χ2n) is 39.5. The Hall–Kier alpha value is -14.3. The number of morpholine rings is 1. The maximum atomic E-state index is 13.3. The maximum Gasteiger partial charge on any atom is 0.276 e. The Morgan fingerprint density at radius 1 is 0.278 bits per heavy atom. The minimum Gasteiger partial charge on any atom is -0.379 e. The van der Waals surface area contributed by atoms with Crippen molar-refractivity contribution in [3.05, 3.63) is 311 Å². The molecule has 0 saturated carbocycles. The van der Waals surface area contributed by atoms with Gasteiger partial charge in [0, 0.05) is 208 Å². The fraction of sp³-hybridized carbons (Fsp3) is 0.333. The Morgan fingerprint density at radius 3 is 0.896 bits per heavy atom. The summed E-state index contributed by atoms with van der Waals surface area (Å²) in [5.74, 6) is -0.893. The molecule has 0 spiro atoms. The SMILES string of the molecule is CN(C)Cc1cncc(-c2ccc3[nH]nc(C(=O)Nc4ccc(CN5CCN(C)CC5)cc4)c3c2)c1.CN(C)Cc1cncc(-c2ccc3[nH]nc(C(=O)Nc4ccc(CN5CCOCC5)cc4)c3c2)c1.O=C(Nc1cccc(CN2CCCC2)c1)c1n[nH]c2ccc(-c3cncc(CN4CCCC4)c3)cc12.O=C(Nc1cccc(CN2CCCCC2)c1)c1n[nH]c2ccc(-c3cncc(CN4CCCC4)c3)cc12. The topological polar surface area (TPSA) is 321 Å². The number of anilines is 4. The van der Waals surface area contributed by atoms with E-state index in [0.29, 0.717) is 22.8 Å². The van der Waals surface area contributed by atoms with Crippen LogP contribution in [0.5, 0.6) is 0 Å². The highest BCUT2D eigenvalue weighted by Gasteiger charge is 2.26. The van der Waals surface area contributed by atoms with Crippen LogP contribution >= 0.6 is 0 Å². The second-order valence-corrected chi connectivity index (χ2v) is 39.5. The number of fused-ring (bicyclic) bond motifs is 4. The first-order valence-electron chi connectivity index (χ1n) is 50.6. The number of piperazine rings is 1. The minimum absolute atomic E-state index is 0.209. The molecule has 0 bridgehead atoms. The molecule has 30 heteroatoms. The number of hydrogen-bond donors (Lipinski definition) is 8. The average molecular weight is 1930 g/mol. The molecule has 0 radical (unpaired) electrons. The van der Waals surface area contributed by atoms with Crippen molar-refractivity contribution in [3.63, 3.8) is 0 Å². The summed E-state index contributed by atoms with van der Waals surface area (Å²) in [5.41, 5.74) is 25.7. The Balaban J connectivity index is 0.000000122. The fourth-order valence-corrected chi connectivity index (χ4v) is 20.0. The Labute approximate surface area is 840 Å². The number of nitrogens with one attached hydrogen (secondary N) is 8. The van der Waals surface area contributed by atoms with Gasteiger partial charge in [-0.15, -0.1) is 0 Å². The summed E-state index contributed by atoms with van der Waals surface area (Å²) < 4.78 is 5.42. The lowest BCUT2D eigenvalue weighted by Crippen LogP contribution is -2.43. The first-order valence-corrected chi connectivity index (χ1v) is 50.6. The summed E-state index contributed by atoms with van der Waals surface area (Å²) in [7, 11) is 10.3. The molecule has 8 aromatic carbocycles. The highest BCUT2D eigenvalue weighted by molar-refractivity contribution is 6.15. The molecule has 6 aliphatic rings. The molecule has 6 saturated heterocycles. The number of amides is 4. The molecule has 6 aliphatic heterocycles. The van der Waals surface area contributed by atoms with E-state index in [9.17, 15) is 19.2 Å². The quantitative estimate of drug-likeness (QED) is 0.0226. The van der Waals surface area contributed by atoms with E-state index >= 15 is 0 Å². The van der Waals surface area contributed by atoms with Gasteiger partial charge in [-0.05, 0) is 327 Å². The first kappa shape index (κ1) is 98.5. The van der Waals surface area contributed by atoms with Crippen LogP contribution in [-0.2, 0) is 57.1 Å². The number of hydrogen-bond acceptors (Lipinski definition) is 22. The number of H-pyrrole nitrogens is 4. The lowest BCUT2D eigenvalue weighted by atomic mass is 10.0. The Bertz CT molecular complexity index is 7070. The molecule has 740 valence electrons.